The molecule has 0 saturated carbocycles. The second-order valence-corrected chi connectivity index (χ2v) is 7.03. The summed E-state index contributed by atoms with van der Waals surface area (Å²) in [5.74, 6) is 1.54. The zero-order valence-corrected chi connectivity index (χ0v) is 14.9. The molecular formula is C17H24N2O3S. The summed E-state index contributed by atoms with van der Waals surface area (Å²) in [5.41, 5.74) is -0.191. The van der Waals surface area contributed by atoms with Crippen molar-refractivity contribution >= 4 is 17.2 Å². The average Bonchev–Trinajstić information content (AvgIpc) is 3.13. The quantitative estimate of drug-likeness (QED) is 0.814. The standard InChI is InChI=1S/C17H24N2O3S/c1-5-11(2)17(4,21)10-18-15(20)8-13-9-23-16(19-13)14-7-6-12(3)22-14/h6-7,9,11,21H,5,8,10H2,1-4H3,(H,18,20). The van der Waals surface area contributed by atoms with Gasteiger partial charge in [0.2, 0.25) is 5.91 Å². The molecule has 2 unspecified atom stereocenters. The van der Waals surface area contributed by atoms with Crippen LogP contribution >= 0.6 is 11.3 Å². The molecule has 2 N–H and O–H groups in total. The molecule has 0 aromatic carbocycles. The van der Waals surface area contributed by atoms with Crippen LogP contribution in [-0.2, 0) is 11.2 Å². The molecule has 2 aromatic rings. The van der Waals surface area contributed by atoms with Crippen LogP contribution in [-0.4, -0.2) is 28.1 Å². The molecule has 0 radical (unpaired) electrons. The summed E-state index contributed by atoms with van der Waals surface area (Å²) in [6.45, 7) is 7.88. The molecule has 2 atom stereocenters. The van der Waals surface area contributed by atoms with Gasteiger partial charge in [0, 0.05) is 11.9 Å². The number of aliphatic hydroxyl groups is 1. The van der Waals surface area contributed by atoms with E-state index in [1.54, 1.807) is 6.92 Å². The van der Waals surface area contributed by atoms with Gasteiger partial charge in [0.25, 0.3) is 0 Å². The summed E-state index contributed by atoms with van der Waals surface area (Å²) >= 11 is 1.46. The average molecular weight is 336 g/mol. The summed E-state index contributed by atoms with van der Waals surface area (Å²) in [7, 11) is 0. The largest absolute Gasteiger partial charge is 0.459 e. The van der Waals surface area contributed by atoms with Crippen LogP contribution in [0.1, 0.15) is 38.6 Å². The number of rotatable bonds is 7. The molecule has 0 aliphatic heterocycles. The van der Waals surface area contributed by atoms with E-state index in [1.165, 1.54) is 11.3 Å². The number of furan rings is 1. The predicted molar refractivity (Wildman–Crippen MR) is 91.3 cm³/mol. The van der Waals surface area contributed by atoms with E-state index >= 15 is 0 Å². The van der Waals surface area contributed by atoms with Crippen molar-refractivity contribution in [1.82, 2.24) is 10.3 Å². The molecule has 0 saturated heterocycles. The normalized spacial score (nSPS) is 15.2. The van der Waals surface area contributed by atoms with Crippen LogP contribution in [0.5, 0.6) is 0 Å². The molecule has 0 aliphatic rings. The molecule has 0 fully saturated rings. The van der Waals surface area contributed by atoms with Crippen molar-refractivity contribution in [3.63, 3.8) is 0 Å². The monoisotopic (exact) mass is 336 g/mol. The molecule has 126 valence electrons. The maximum absolute atomic E-state index is 12.0. The number of amides is 1. The Kier molecular flexibility index (Phi) is 5.59. The Hall–Kier alpha value is -1.66. The van der Waals surface area contributed by atoms with Crippen molar-refractivity contribution in [1.29, 1.82) is 0 Å². The minimum absolute atomic E-state index is 0.121. The van der Waals surface area contributed by atoms with Gasteiger partial charge in [0.1, 0.15) is 5.76 Å². The highest BCUT2D eigenvalue weighted by molar-refractivity contribution is 7.13. The third-order valence-electron chi connectivity index (χ3n) is 4.16. The van der Waals surface area contributed by atoms with Crippen LogP contribution < -0.4 is 5.32 Å². The van der Waals surface area contributed by atoms with E-state index in [2.05, 4.69) is 10.3 Å². The van der Waals surface area contributed by atoms with Gasteiger partial charge in [-0.2, -0.15) is 0 Å². The number of hydrogen-bond donors (Lipinski definition) is 2. The molecule has 2 rings (SSSR count). The van der Waals surface area contributed by atoms with Crippen LogP contribution in [0.25, 0.3) is 10.8 Å². The SMILES string of the molecule is CCC(C)C(C)(O)CNC(=O)Cc1csc(-c2ccc(C)o2)n1. The molecule has 1 amide bonds. The molecule has 23 heavy (non-hydrogen) atoms. The van der Waals surface area contributed by atoms with Crippen molar-refractivity contribution in [2.75, 3.05) is 6.54 Å². The van der Waals surface area contributed by atoms with Crippen LogP contribution in [0.3, 0.4) is 0 Å². The number of carbonyl (C=O) groups excluding carboxylic acids is 1. The van der Waals surface area contributed by atoms with Crippen molar-refractivity contribution in [3.05, 3.63) is 29.0 Å². The van der Waals surface area contributed by atoms with E-state index in [4.69, 9.17) is 4.42 Å². The fraction of sp³-hybridized carbons (Fsp3) is 0.529. The number of thiazole rings is 1. The molecule has 0 aliphatic carbocycles. The molecular weight excluding hydrogens is 312 g/mol. The van der Waals surface area contributed by atoms with Crippen LogP contribution in [0, 0.1) is 12.8 Å². The van der Waals surface area contributed by atoms with Gasteiger partial charge < -0.3 is 14.8 Å². The Morgan fingerprint density at radius 3 is 2.87 bits per heavy atom. The number of carbonyl (C=O) groups is 1. The fourth-order valence-corrected chi connectivity index (χ4v) is 2.95. The van der Waals surface area contributed by atoms with Crippen LogP contribution in [0.4, 0.5) is 0 Å². The van der Waals surface area contributed by atoms with Crippen molar-refractivity contribution in [2.24, 2.45) is 5.92 Å². The first-order valence-corrected chi connectivity index (χ1v) is 8.70. The first-order valence-electron chi connectivity index (χ1n) is 7.82. The number of nitrogens with zero attached hydrogens (tertiary/aromatic N) is 1. The van der Waals surface area contributed by atoms with Crippen molar-refractivity contribution < 1.29 is 14.3 Å². The van der Waals surface area contributed by atoms with Crippen LogP contribution in [0.2, 0.25) is 0 Å². The van der Waals surface area contributed by atoms with E-state index in [1.807, 2.05) is 38.3 Å². The fourth-order valence-electron chi connectivity index (χ4n) is 2.17. The van der Waals surface area contributed by atoms with Gasteiger partial charge in [-0.3, -0.25) is 4.79 Å². The number of hydrogen-bond acceptors (Lipinski definition) is 5. The van der Waals surface area contributed by atoms with E-state index in [0.29, 0.717) is 5.69 Å². The second kappa shape index (κ2) is 7.27. The Bertz CT molecular complexity index is 660. The third kappa shape index (κ3) is 4.65. The smallest absolute Gasteiger partial charge is 0.226 e. The topological polar surface area (TPSA) is 75.4 Å². The number of aromatic nitrogens is 1. The highest BCUT2D eigenvalue weighted by Crippen LogP contribution is 2.25. The van der Waals surface area contributed by atoms with Gasteiger partial charge in [-0.25, -0.2) is 4.98 Å². The maximum atomic E-state index is 12.0. The Labute approximate surface area is 140 Å². The highest BCUT2D eigenvalue weighted by atomic mass is 32.1. The predicted octanol–water partition coefficient (Wildman–Crippen LogP) is 3.17. The summed E-state index contributed by atoms with van der Waals surface area (Å²) in [5, 5.41) is 15.7. The molecule has 0 bridgehead atoms. The lowest BCUT2D eigenvalue weighted by Gasteiger charge is -2.29. The summed E-state index contributed by atoms with van der Waals surface area (Å²) in [6.07, 6.45) is 1.06. The van der Waals surface area contributed by atoms with Crippen molar-refractivity contribution in [2.45, 2.75) is 46.1 Å². The molecule has 6 heteroatoms. The van der Waals surface area contributed by atoms with Crippen LogP contribution in [0.15, 0.2) is 21.9 Å². The summed E-state index contributed by atoms with van der Waals surface area (Å²) in [6, 6.07) is 3.77. The zero-order chi connectivity index (χ0) is 17.0. The molecule has 5 nitrogen and oxygen atoms in total. The lowest BCUT2D eigenvalue weighted by Crippen LogP contribution is -2.45. The van der Waals surface area contributed by atoms with Gasteiger partial charge in [-0.15, -0.1) is 11.3 Å². The third-order valence-corrected chi connectivity index (χ3v) is 5.07. The van der Waals surface area contributed by atoms with Gasteiger partial charge in [0.15, 0.2) is 10.8 Å². The lowest BCUT2D eigenvalue weighted by molar-refractivity contribution is -0.122. The second-order valence-electron chi connectivity index (χ2n) is 6.17. The molecule has 0 spiro atoms. The minimum Gasteiger partial charge on any atom is -0.459 e. The van der Waals surface area contributed by atoms with E-state index in [9.17, 15) is 9.90 Å². The van der Waals surface area contributed by atoms with Gasteiger partial charge in [-0.1, -0.05) is 20.3 Å². The summed E-state index contributed by atoms with van der Waals surface area (Å²) < 4.78 is 5.53. The minimum atomic E-state index is -0.899. The van der Waals surface area contributed by atoms with E-state index in [-0.39, 0.29) is 24.8 Å². The van der Waals surface area contributed by atoms with Crippen molar-refractivity contribution in [3.8, 4) is 10.8 Å². The highest BCUT2D eigenvalue weighted by Gasteiger charge is 2.27. The van der Waals surface area contributed by atoms with E-state index in [0.717, 1.165) is 22.9 Å². The van der Waals surface area contributed by atoms with E-state index < -0.39 is 5.60 Å². The van der Waals surface area contributed by atoms with Gasteiger partial charge >= 0.3 is 0 Å². The van der Waals surface area contributed by atoms with Gasteiger partial charge in [-0.05, 0) is 31.9 Å². The first kappa shape index (κ1) is 17.7. The molecule has 2 aromatic heterocycles. The lowest BCUT2D eigenvalue weighted by atomic mass is 9.88. The first-order chi connectivity index (χ1) is 10.8. The Morgan fingerprint density at radius 1 is 1.52 bits per heavy atom. The summed E-state index contributed by atoms with van der Waals surface area (Å²) in [4.78, 5) is 16.5. The Balaban J connectivity index is 1.90. The number of aryl methyl sites for hydroxylation is 1. The van der Waals surface area contributed by atoms with Gasteiger partial charge in [0.05, 0.1) is 17.7 Å². The maximum Gasteiger partial charge on any atom is 0.226 e. The molecule has 2 heterocycles. The number of nitrogens with one attached hydrogen (secondary N) is 1. The Morgan fingerprint density at radius 2 is 2.26 bits per heavy atom. The zero-order valence-electron chi connectivity index (χ0n) is 14.0.